The van der Waals surface area contributed by atoms with Gasteiger partial charge >= 0.3 is 12.2 Å². The van der Waals surface area contributed by atoms with Gasteiger partial charge in [0.15, 0.2) is 0 Å². The summed E-state index contributed by atoms with van der Waals surface area (Å²) in [6, 6.07) is 3.20. The van der Waals surface area contributed by atoms with E-state index in [0.717, 1.165) is 12.8 Å². The van der Waals surface area contributed by atoms with Crippen LogP contribution in [0.25, 0.3) is 0 Å². The lowest BCUT2D eigenvalue weighted by atomic mass is 9.97. The Morgan fingerprint density at radius 3 is 2.72 bits per heavy atom. The highest BCUT2D eigenvalue weighted by molar-refractivity contribution is 5.85. The van der Waals surface area contributed by atoms with Crippen LogP contribution in [0.5, 0.6) is 0 Å². The Morgan fingerprint density at radius 1 is 1.44 bits per heavy atom. The van der Waals surface area contributed by atoms with Gasteiger partial charge in [0.2, 0.25) is 0 Å². The van der Waals surface area contributed by atoms with Crippen LogP contribution in [-0.2, 0) is 4.74 Å². The summed E-state index contributed by atoms with van der Waals surface area (Å²) in [6.07, 6.45) is 1.70. The van der Waals surface area contributed by atoms with E-state index >= 15 is 0 Å². The van der Waals surface area contributed by atoms with Gasteiger partial charge in [-0.25, -0.2) is 14.6 Å². The number of piperidine rings is 1. The van der Waals surface area contributed by atoms with Crippen LogP contribution in [0, 0.1) is 5.92 Å². The lowest BCUT2D eigenvalue weighted by Crippen LogP contribution is -2.46. The van der Waals surface area contributed by atoms with E-state index in [1.165, 1.54) is 11.1 Å². The second-order valence-electron chi connectivity index (χ2n) is 7.27. The van der Waals surface area contributed by atoms with E-state index in [9.17, 15) is 14.7 Å². The molecule has 0 radical (unpaired) electrons. The normalized spacial score (nSPS) is 17.9. The fourth-order valence-corrected chi connectivity index (χ4v) is 2.82. The molecule has 1 fully saturated rings. The van der Waals surface area contributed by atoms with E-state index in [4.69, 9.17) is 10.5 Å². The number of carboxylic acid groups (broad SMARTS) is 1. The van der Waals surface area contributed by atoms with Gasteiger partial charge in [-0.2, -0.15) is 0 Å². The van der Waals surface area contributed by atoms with E-state index in [2.05, 4.69) is 4.98 Å². The van der Waals surface area contributed by atoms with Crippen molar-refractivity contribution in [2.75, 3.05) is 30.3 Å². The second kappa shape index (κ2) is 7.58. The molecule has 1 atom stereocenters. The van der Waals surface area contributed by atoms with Gasteiger partial charge < -0.3 is 20.5 Å². The van der Waals surface area contributed by atoms with Crippen LogP contribution in [-0.4, -0.2) is 52.4 Å². The van der Waals surface area contributed by atoms with Crippen molar-refractivity contribution in [3.63, 3.8) is 0 Å². The molecule has 2 rings (SSSR count). The average Bonchev–Trinajstić information content (AvgIpc) is 2.52. The van der Waals surface area contributed by atoms with E-state index in [0.29, 0.717) is 31.1 Å². The zero-order chi connectivity index (χ0) is 18.6. The lowest BCUT2D eigenvalue weighted by Gasteiger charge is -2.35. The maximum atomic E-state index is 12.2. The highest BCUT2D eigenvalue weighted by Crippen LogP contribution is 2.23. The number of nitrogens with zero attached hydrogens (tertiary/aromatic N) is 3. The van der Waals surface area contributed by atoms with Gasteiger partial charge in [-0.05, 0) is 51.7 Å². The molecule has 0 bridgehead atoms. The molecule has 1 aromatic heterocycles. The molecule has 1 saturated heterocycles. The SMILES string of the molecule is CC(C)(C)OC(=O)N1CCC[C@H](CN(C(=O)O)c2ccc(N)nc2)C1. The molecule has 2 heterocycles. The number of pyridine rings is 1. The molecule has 3 N–H and O–H groups in total. The Labute approximate surface area is 147 Å². The number of hydrogen-bond acceptors (Lipinski definition) is 5. The smallest absolute Gasteiger partial charge is 0.411 e. The summed E-state index contributed by atoms with van der Waals surface area (Å²) in [5.74, 6) is 0.373. The Hall–Kier alpha value is -2.51. The maximum absolute atomic E-state index is 12.2. The van der Waals surface area contributed by atoms with Crippen LogP contribution in [0.3, 0.4) is 0 Å². The van der Waals surface area contributed by atoms with Crippen molar-refractivity contribution in [1.82, 2.24) is 9.88 Å². The molecule has 0 unspecified atom stereocenters. The molecule has 138 valence electrons. The molecule has 8 nitrogen and oxygen atoms in total. The summed E-state index contributed by atoms with van der Waals surface area (Å²) in [5.41, 5.74) is 5.47. The van der Waals surface area contributed by atoms with E-state index < -0.39 is 11.7 Å². The summed E-state index contributed by atoms with van der Waals surface area (Å²) in [6.45, 7) is 6.87. The standard InChI is InChI=1S/C17H26N4O4/c1-17(2,3)25-16(24)20-8-4-5-12(10-20)11-21(15(22)23)13-6-7-14(18)19-9-13/h6-7,9,12H,4-5,8,10-11H2,1-3H3,(H2,18,19)(H,22,23)/t12-/m0/s1. The van der Waals surface area contributed by atoms with Crippen molar-refractivity contribution in [2.24, 2.45) is 5.92 Å². The molecular formula is C17H26N4O4. The number of likely N-dealkylation sites (tertiary alicyclic amines) is 1. The summed E-state index contributed by atoms with van der Waals surface area (Å²) in [7, 11) is 0. The summed E-state index contributed by atoms with van der Waals surface area (Å²) in [5, 5.41) is 9.52. The van der Waals surface area contributed by atoms with Gasteiger partial charge in [0.25, 0.3) is 0 Å². The molecule has 25 heavy (non-hydrogen) atoms. The van der Waals surface area contributed by atoms with Crippen LogP contribution in [0.15, 0.2) is 18.3 Å². The van der Waals surface area contributed by atoms with Crippen LogP contribution < -0.4 is 10.6 Å². The first-order chi connectivity index (χ1) is 11.7. The quantitative estimate of drug-likeness (QED) is 0.867. The third-order valence-corrected chi connectivity index (χ3v) is 3.92. The fraction of sp³-hybridized carbons (Fsp3) is 0.588. The van der Waals surface area contributed by atoms with Gasteiger partial charge in [0.05, 0.1) is 11.9 Å². The largest absolute Gasteiger partial charge is 0.465 e. The van der Waals surface area contributed by atoms with E-state index in [1.54, 1.807) is 17.0 Å². The van der Waals surface area contributed by atoms with Crippen LogP contribution >= 0.6 is 0 Å². The van der Waals surface area contributed by atoms with Gasteiger partial charge in [-0.3, -0.25) is 4.90 Å². The molecule has 0 aliphatic carbocycles. The number of nitrogen functional groups attached to an aromatic ring is 1. The van der Waals surface area contributed by atoms with Crippen molar-refractivity contribution in [2.45, 2.75) is 39.2 Å². The van der Waals surface area contributed by atoms with Gasteiger partial charge in [-0.1, -0.05) is 0 Å². The number of aromatic nitrogens is 1. The molecule has 1 aliphatic rings. The number of amides is 2. The molecule has 0 saturated carbocycles. The third-order valence-electron chi connectivity index (χ3n) is 3.92. The monoisotopic (exact) mass is 350 g/mol. The number of carbonyl (C=O) groups excluding carboxylic acids is 1. The first-order valence-electron chi connectivity index (χ1n) is 8.35. The maximum Gasteiger partial charge on any atom is 0.411 e. The van der Waals surface area contributed by atoms with Crippen molar-refractivity contribution in [1.29, 1.82) is 0 Å². The van der Waals surface area contributed by atoms with Gasteiger partial charge in [0, 0.05) is 19.6 Å². The molecule has 1 aliphatic heterocycles. The highest BCUT2D eigenvalue weighted by atomic mass is 16.6. The first-order valence-corrected chi connectivity index (χ1v) is 8.35. The van der Waals surface area contributed by atoms with E-state index in [1.807, 2.05) is 20.8 Å². The predicted octanol–water partition coefficient (Wildman–Crippen LogP) is 2.80. The lowest BCUT2D eigenvalue weighted by molar-refractivity contribution is 0.0170. The number of ether oxygens (including phenoxy) is 1. The minimum atomic E-state index is -1.05. The fourth-order valence-electron chi connectivity index (χ4n) is 2.82. The molecule has 2 amide bonds. The summed E-state index contributed by atoms with van der Waals surface area (Å²) < 4.78 is 5.41. The van der Waals surface area contributed by atoms with Crippen LogP contribution in [0.2, 0.25) is 0 Å². The van der Waals surface area contributed by atoms with Crippen LogP contribution in [0.4, 0.5) is 21.1 Å². The molecule has 0 spiro atoms. The molecule has 1 aromatic rings. The minimum Gasteiger partial charge on any atom is -0.465 e. The Bertz CT molecular complexity index is 612. The van der Waals surface area contributed by atoms with Gasteiger partial charge in [-0.15, -0.1) is 0 Å². The molecular weight excluding hydrogens is 324 g/mol. The number of carbonyl (C=O) groups is 2. The van der Waals surface area contributed by atoms with Gasteiger partial charge in [0.1, 0.15) is 11.4 Å². The highest BCUT2D eigenvalue weighted by Gasteiger charge is 2.30. The number of rotatable bonds is 3. The average molecular weight is 350 g/mol. The Morgan fingerprint density at radius 2 is 2.16 bits per heavy atom. The molecule has 0 aromatic carbocycles. The zero-order valence-corrected chi connectivity index (χ0v) is 14.9. The topological polar surface area (TPSA) is 109 Å². The number of hydrogen-bond donors (Lipinski definition) is 2. The van der Waals surface area contributed by atoms with Crippen molar-refractivity contribution in [3.05, 3.63) is 18.3 Å². The van der Waals surface area contributed by atoms with E-state index in [-0.39, 0.29) is 12.0 Å². The van der Waals surface area contributed by atoms with Crippen molar-refractivity contribution in [3.8, 4) is 0 Å². The van der Waals surface area contributed by atoms with Crippen molar-refractivity contribution < 1.29 is 19.4 Å². The zero-order valence-electron chi connectivity index (χ0n) is 14.9. The Kier molecular flexibility index (Phi) is 5.71. The van der Waals surface area contributed by atoms with Crippen LogP contribution in [0.1, 0.15) is 33.6 Å². The molecule has 8 heteroatoms. The Balaban J connectivity index is 2.03. The minimum absolute atomic E-state index is 0.0370. The number of anilines is 2. The third kappa shape index (κ3) is 5.51. The second-order valence-corrected chi connectivity index (χ2v) is 7.27. The predicted molar refractivity (Wildman–Crippen MR) is 94.6 cm³/mol. The van der Waals surface area contributed by atoms with Crippen molar-refractivity contribution >= 4 is 23.7 Å². The number of nitrogens with two attached hydrogens (primary N) is 1. The first kappa shape index (κ1) is 18.8. The summed E-state index contributed by atoms with van der Waals surface area (Å²) >= 11 is 0. The summed E-state index contributed by atoms with van der Waals surface area (Å²) in [4.78, 5) is 30.7.